The molecule has 3 rings (SSSR count). The van der Waals surface area contributed by atoms with Crippen LogP contribution in [0.4, 0.5) is 5.69 Å². The van der Waals surface area contributed by atoms with E-state index in [1.807, 2.05) is 7.05 Å². The monoisotopic (exact) mass is 399 g/mol. The van der Waals surface area contributed by atoms with Gasteiger partial charge in [0.15, 0.2) is 5.16 Å². The summed E-state index contributed by atoms with van der Waals surface area (Å²) in [5.41, 5.74) is 2.58. The molecule has 148 valence electrons. The van der Waals surface area contributed by atoms with Gasteiger partial charge >= 0.3 is 0 Å². The molecule has 2 amide bonds. The number of aromatic nitrogens is 3. The Hall–Kier alpha value is -2.61. The minimum absolute atomic E-state index is 0.124. The zero-order valence-corrected chi connectivity index (χ0v) is 16.8. The molecule has 1 heterocycles. The molecule has 28 heavy (non-hydrogen) atoms. The Bertz CT molecular complexity index is 862. The molecule has 0 unspecified atom stereocenters. The van der Waals surface area contributed by atoms with E-state index in [0.717, 1.165) is 19.3 Å². The van der Waals surface area contributed by atoms with Gasteiger partial charge in [-0.3, -0.25) is 9.59 Å². The van der Waals surface area contributed by atoms with E-state index in [4.69, 9.17) is 0 Å². The van der Waals surface area contributed by atoms with Crippen molar-refractivity contribution in [2.75, 3.05) is 17.6 Å². The molecule has 0 bridgehead atoms. The maximum atomic E-state index is 12.4. The summed E-state index contributed by atoms with van der Waals surface area (Å²) >= 11 is 1.31. The Labute approximate surface area is 169 Å². The van der Waals surface area contributed by atoms with Crippen LogP contribution >= 0.6 is 11.8 Å². The van der Waals surface area contributed by atoms with Gasteiger partial charge in [0.05, 0.1) is 5.75 Å². The van der Waals surface area contributed by atoms with Crippen molar-refractivity contribution in [1.29, 1.82) is 0 Å². The molecular formula is C20H25N5O2S. The van der Waals surface area contributed by atoms with Crippen molar-refractivity contribution in [3.05, 3.63) is 47.8 Å². The average molecular weight is 400 g/mol. The molecule has 0 atom stereocenters. The van der Waals surface area contributed by atoms with Crippen molar-refractivity contribution in [3.63, 3.8) is 0 Å². The van der Waals surface area contributed by atoms with Gasteiger partial charge in [0.25, 0.3) is 5.91 Å². The highest BCUT2D eigenvalue weighted by atomic mass is 32.2. The highest BCUT2D eigenvalue weighted by Gasteiger charge is 2.10. The third-order valence-corrected chi connectivity index (χ3v) is 5.56. The number of allylic oxidation sites excluding steroid dienone is 1. The first kappa shape index (κ1) is 20.1. The van der Waals surface area contributed by atoms with Crippen LogP contribution in [0.5, 0.6) is 0 Å². The fourth-order valence-electron chi connectivity index (χ4n) is 3.04. The molecule has 0 saturated heterocycles. The van der Waals surface area contributed by atoms with Gasteiger partial charge in [0, 0.05) is 24.8 Å². The van der Waals surface area contributed by atoms with Gasteiger partial charge in [0.2, 0.25) is 5.91 Å². The predicted molar refractivity (Wildman–Crippen MR) is 110 cm³/mol. The first-order valence-corrected chi connectivity index (χ1v) is 10.4. The summed E-state index contributed by atoms with van der Waals surface area (Å²) in [4.78, 5) is 24.5. The Morgan fingerprint density at radius 3 is 2.93 bits per heavy atom. The maximum Gasteiger partial charge on any atom is 0.251 e. The number of anilines is 1. The number of benzene rings is 1. The van der Waals surface area contributed by atoms with Crippen molar-refractivity contribution in [3.8, 4) is 0 Å². The van der Waals surface area contributed by atoms with Crippen LogP contribution in [0, 0.1) is 0 Å². The molecule has 2 aromatic rings. The molecule has 0 aliphatic heterocycles. The van der Waals surface area contributed by atoms with Crippen LogP contribution in [0.2, 0.25) is 0 Å². The SMILES string of the molecule is Cn1cnnc1SCC(=O)Nc1cccc(C(=O)NCCC2=CCCCC2)c1. The van der Waals surface area contributed by atoms with E-state index in [1.165, 1.54) is 30.2 Å². The van der Waals surface area contributed by atoms with Crippen molar-refractivity contribution in [1.82, 2.24) is 20.1 Å². The maximum absolute atomic E-state index is 12.4. The van der Waals surface area contributed by atoms with Gasteiger partial charge in [-0.1, -0.05) is 29.5 Å². The van der Waals surface area contributed by atoms with E-state index in [9.17, 15) is 9.59 Å². The summed E-state index contributed by atoms with van der Waals surface area (Å²) in [5, 5.41) is 14.2. The summed E-state index contributed by atoms with van der Waals surface area (Å²) in [7, 11) is 1.83. The van der Waals surface area contributed by atoms with Crippen LogP contribution in [0.3, 0.4) is 0 Å². The Balaban J connectivity index is 1.47. The zero-order chi connectivity index (χ0) is 19.8. The largest absolute Gasteiger partial charge is 0.352 e. The molecule has 1 aliphatic carbocycles. The lowest BCUT2D eigenvalue weighted by molar-refractivity contribution is -0.113. The summed E-state index contributed by atoms with van der Waals surface area (Å²) in [6.07, 6.45) is 9.60. The third-order valence-electron chi connectivity index (χ3n) is 4.53. The Morgan fingerprint density at radius 1 is 1.29 bits per heavy atom. The van der Waals surface area contributed by atoms with Gasteiger partial charge in [-0.2, -0.15) is 0 Å². The van der Waals surface area contributed by atoms with Crippen molar-refractivity contribution in [2.24, 2.45) is 7.05 Å². The minimum Gasteiger partial charge on any atom is -0.352 e. The van der Waals surface area contributed by atoms with Crippen LogP contribution < -0.4 is 10.6 Å². The van der Waals surface area contributed by atoms with Gasteiger partial charge in [0.1, 0.15) is 6.33 Å². The standard InChI is InChI=1S/C20H25N5O2S/c1-25-14-22-24-20(25)28-13-18(26)23-17-9-5-8-16(12-17)19(27)21-11-10-15-6-3-2-4-7-15/h5-6,8-9,12,14H,2-4,7,10-11,13H2,1H3,(H,21,27)(H,23,26). The number of nitrogens with zero attached hydrogens (tertiary/aromatic N) is 3. The molecule has 0 saturated carbocycles. The number of rotatable bonds is 8. The molecule has 7 nitrogen and oxygen atoms in total. The zero-order valence-electron chi connectivity index (χ0n) is 16.0. The normalized spacial score (nSPS) is 13.7. The van der Waals surface area contributed by atoms with Crippen molar-refractivity contribution >= 4 is 29.3 Å². The first-order chi connectivity index (χ1) is 13.6. The molecule has 0 fully saturated rings. The van der Waals surface area contributed by atoms with Crippen LogP contribution in [0.15, 0.2) is 47.4 Å². The third kappa shape index (κ3) is 5.95. The number of nitrogens with one attached hydrogen (secondary N) is 2. The second kappa shape index (κ2) is 10.1. The van der Waals surface area contributed by atoms with E-state index < -0.39 is 0 Å². The van der Waals surface area contributed by atoms with E-state index in [-0.39, 0.29) is 17.6 Å². The lowest BCUT2D eigenvalue weighted by Crippen LogP contribution is -2.25. The van der Waals surface area contributed by atoms with Crippen LogP contribution in [0.25, 0.3) is 0 Å². The molecule has 2 N–H and O–H groups in total. The average Bonchev–Trinajstić information content (AvgIpc) is 3.12. The lowest BCUT2D eigenvalue weighted by atomic mass is 9.97. The second-order valence-electron chi connectivity index (χ2n) is 6.76. The fraction of sp³-hybridized carbons (Fsp3) is 0.400. The number of hydrogen-bond acceptors (Lipinski definition) is 5. The second-order valence-corrected chi connectivity index (χ2v) is 7.70. The number of carbonyl (C=O) groups excluding carboxylic acids is 2. The minimum atomic E-state index is -0.158. The van der Waals surface area contributed by atoms with E-state index in [1.54, 1.807) is 35.2 Å². The molecule has 0 radical (unpaired) electrons. The van der Waals surface area contributed by atoms with Crippen LogP contribution in [-0.4, -0.2) is 38.9 Å². The van der Waals surface area contributed by atoms with E-state index >= 15 is 0 Å². The summed E-state index contributed by atoms with van der Waals surface area (Å²) in [6, 6.07) is 6.98. The highest BCUT2D eigenvalue weighted by Crippen LogP contribution is 2.19. The molecule has 1 aromatic carbocycles. The smallest absolute Gasteiger partial charge is 0.251 e. The van der Waals surface area contributed by atoms with Crippen LogP contribution in [0.1, 0.15) is 42.5 Å². The number of aryl methyl sites for hydroxylation is 1. The molecule has 8 heteroatoms. The summed E-state index contributed by atoms with van der Waals surface area (Å²) < 4.78 is 1.76. The van der Waals surface area contributed by atoms with Crippen LogP contribution in [-0.2, 0) is 11.8 Å². The first-order valence-electron chi connectivity index (χ1n) is 9.44. The lowest BCUT2D eigenvalue weighted by Gasteiger charge is -2.13. The van der Waals surface area contributed by atoms with Gasteiger partial charge in [-0.15, -0.1) is 10.2 Å². The van der Waals surface area contributed by atoms with Gasteiger partial charge in [-0.05, 0) is 50.3 Å². The summed E-state index contributed by atoms with van der Waals surface area (Å²) in [6.45, 7) is 0.635. The molecule has 1 aromatic heterocycles. The molecule has 1 aliphatic rings. The quantitative estimate of drug-likeness (QED) is 0.526. The number of hydrogen-bond donors (Lipinski definition) is 2. The fourth-order valence-corrected chi connectivity index (χ4v) is 3.73. The molecule has 0 spiro atoms. The summed E-state index contributed by atoms with van der Waals surface area (Å²) in [5.74, 6) is -0.0614. The topological polar surface area (TPSA) is 88.9 Å². The number of amides is 2. The Kier molecular flexibility index (Phi) is 7.25. The van der Waals surface area contributed by atoms with E-state index in [0.29, 0.717) is 23.0 Å². The highest BCUT2D eigenvalue weighted by molar-refractivity contribution is 7.99. The van der Waals surface area contributed by atoms with Gasteiger partial charge in [-0.25, -0.2) is 0 Å². The van der Waals surface area contributed by atoms with E-state index in [2.05, 4.69) is 26.9 Å². The molecular weight excluding hydrogens is 374 g/mol. The number of thioether (sulfide) groups is 1. The Morgan fingerprint density at radius 2 is 2.18 bits per heavy atom. The van der Waals surface area contributed by atoms with Crippen molar-refractivity contribution < 1.29 is 9.59 Å². The van der Waals surface area contributed by atoms with Crippen molar-refractivity contribution in [2.45, 2.75) is 37.3 Å². The predicted octanol–water partition coefficient (Wildman–Crippen LogP) is 3.17. The van der Waals surface area contributed by atoms with Gasteiger partial charge < -0.3 is 15.2 Å². The number of carbonyl (C=O) groups is 2.